The Bertz CT molecular complexity index is 641. The third-order valence-corrected chi connectivity index (χ3v) is 5.00. The van der Waals surface area contributed by atoms with Crippen molar-refractivity contribution in [2.24, 2.45) is 0 Å². The summed E-state index contributed by atoms with van der Waals surface area (Å²) in [5.74, 6) is 0.146. The van der Waals surface area contributed by atoms with Crippen molar-refractivity contribution in [2.75, 3.05) is 32.7 Å². The van der Waals surface area contributed by atoms with Crippen LogP contribution in [0.25, 0.3) is 0 Å². The van der Waals surface area contributed by atoms with Crippen molar-refractivity contribution >= 4 is 11.9 Å². The Morgan fingerprint density at radius 3 is 2.27 bits per heavy atom. The summed E-state index contributed by atoms with van der Waals surface area (Å²) in [6.45, 7) is 13.8. The Labute approximate surface area is 157 Å². The molecule has 0 spiro atoms. The largest absolute Gasteiger partial charge is 0.339 e. The average molecular weight is 360 g/mol. The van der Waals surface area contributed by atoms with Crippen molar-refractivity contribution in [3.8, 4) is 0 Å². The molecule has 5 nitrogen and oxygen atoms in total. The number of piperazine rings is 1. The highest BCUT2D eigenvalue weighted by molar-refractivity contribution is 5.80. The maximum Gasteiger partial charge on any atom is 0.317 e. The fourth-order valence-corrected chi connectivity index (χ4v) is 3.11. The summed E-state index contributed by atoms with van der Waals surface area (Å²) in [7, 11) is 0. The molecule has 0 bridgehead atoms. The summed E-state index contributed by atoms with van der Waals surface area (Å²) in [6, 6.07) is 6.41. The zero-order chi connectivity index (χ0) is 19.3. The molecule has 1 aliphatic rings. The number of benzene rings is 1. The van der Waals surface area contributed by atoms with E-state index in [9.17, 15) is 9.59 Å². The van der Waals surface area contributed by atoms with E-state index in [0.29, 0.717) is 39.1 Å². The van der Waals surface area contributed by atoms with Gasteiger partial charge < -0.3 is 15.1 Å². The second-order valence-corrected chi connectivity index (χ2v) is 8.17. The number of carbonyl (C=O) groups is 2. The molecule has 1 fully saturated rings. The molecular formula is C21H33N3O2. The molecule has 1 saturated heterocycles. The van der Waals surface area contributed by atoms with Gasteiger partial charge in [0, 0.05) is 32.7 Å². The van der Waals surface area contributed by atoms with E-state index < -0.39 is 0 Å². The van der Waals surface area contributed by atoms with Crippen molar-refractivity contribution in [2.45, 2.75) is 52.9 Å². The molecule has 144 valence electrons. The van der Waals surface area contributed by atoms with Crippen molar-refractivity contribution in [1.82, 2.24) is 15.1 Å². The molecule has 3 amide bonds. The topological polar surface area (TPSA) is 52.7 Å². The van der Waals surface area contributed by atoms with Crippen LogP contribution in [0.4, 0.5) is 4.79 Å². The predicted molar refractivity (Wildman–Crippen MR) is 105 cm³/mol. The van der Waals surface area contributed by atoms with E-state index in [1.807, 2.05) is 11.8 Å². The molecule has 0 radical (unpaired) electrons. The first-order chi connectivity index (χ1) is 12.2. The summed E-state index contributed by atoms with van der Waals surface area (Å²) in [6.07, 6.45) is 1.36. The first-order valence-corrected chi connectivity index (χ1v) is 9.63. The number of amides is 3. The lowest BCUT2D eigenvalue weighted by molar-refractivity contribution is -0.131. The molecule has 1 aromatic carbocycles. The summed E-state index contributed by atoms with van der Waals surface area (Å²) in [4.78, 5) is 28.4. The second kappa shape index (κ2) is 8.56. The molecule has 1 N–H and O–H groups in total. The fraction of sp³-hybridized carbons (Fsp3) is 0.619. The molecule has 1 aromatic rings. The number of carbonyl (C=O) groups excluding carboxylic acids is 2. The minimum atomic E-state index is -0.0207. The van der Waals surface area contributed by atoms with Gasteiger partial charge in [-0.25, -0.2) is 4.79 Å². The number of hydrogen-bond donors (Lipinski definition) is 1. The number of aryl methyl sites for hydroxylation is 1. The maximum absolute atomic E-state index is 12.7. The highest BCUT2D eigenvalue weighted by Gasteiger charge is 2.24. The third-order valence-electron chi connectivity index (χ3n) is 5.00. The highest BCUT2D eigenvalue weighted by Crippen LogP contribution is 2.25. The monoisotopic (exact) mass is 359 g/mol. The number of nitrogens with zero attached hydrogens (tertiary/aromatic N) is 2. The van der Waals surface area contributed by atoms with Gasteiger partial charge in [0.1, 0.15) is 0 Å². The van der Waals surface area contributed by atoms with Crippen molar-refractivity contribution in [3.05, 3.63) is 34.9 Å². The van der Waals surface area contributed by atoms with Crippen molar-refractivity contribution in [1.29, 1.82) is 0 Å². The molecule has 1 aliphatic heterocycles. The molecule has 2 rings (SSSR count). The zero-order valence-electron chi connectivity index (χ0n) is 16.9. The van der Waals surface area contributed by atoms with Gasteiger partial charge in [-0.15, -0.1) is 0 Å². The second-order valence-electron chi connectivity index (χ2n) is 8.17. The first kappa shape index (κ1) is 20.3. The van der Waals surface area contributed by atoms with Crippen molar-refractivity contribution in [3.63, 3.8) is 0 Å². The lowest BCUT2D eigenvalue weighted by Gasteiger charge is -2.35. The number of rotatable bonds is 4. The Morgan fingerprint density at radius 1 is 1.08 bits per heavy atom. The summed E-state index contributed by atoms with van der Waals surface area (Å²) >= 11 is 0. The van der Waals surface area contributed by atoms with Crippen LogP contribution < -0.4 is 5.32 Å². The Hall–Kier alpha value is -2.04. The van der Waals surface area contributed by atoms with Gasteiger partial charge in [0.25, 0.3) is 0 Å². The number of nitrogens with one attached hydrogen (secondary N) is 1. The first-order valence-electron chi connectivity index (χ1n) is 9.63. The van der Waals surface area contributed by atoms with Gasteiger partial charge in [-0.3, -0.25) is 4.79 Å². The number of urea groups is 1. The van der Waals surface area contributed by atoms with Crippen LogP contribution in [-0.4, -0.2) is 54.5 Å². The number of hydrogen-bond acceptors (Lipinski definition) is 2. The van der Waals surface area contributed by atoms with E-state index in [4.69, 9.17) is 0 Å². The smallest absolute Gasteiger partial charge is 0.317 e. The van der Waals surface area contributed by atoms with Crippen LogP contribution in [0.2, 0.25) is 0 Å². The maximum atomic E-state index is 12.7. The summed E-state index contributed by atoms with van der Waals surface area (Å²) in [5.41, 5.74) is 3.58. The van der Waals surface area contributed by atoms with Crippen molar-refractivity contribution < 1.29 is 9.59 Å². The Balaban J connectivity index is 1.94. The van der Waals surface area contributed by atoms with Crippen LogP contribution in [0.5, 0.6) is 0 Å². The van der Waals surface area contributed by atoms with E-state index in [0.717, 1.165) is 17.5 Å². The molecule has 0 saturated carbocycles. The van der Waals surface area contributed by atoms with E-state index in [1.54, 1.807) is 4.90 Å². The molecule has 26 heavy (non-hydrogen) atoms. The lowest BCUT2D eigenvalue weighted by Crippen LogP contribution is -2.53. The van der Waals surface area contributed by atoms with Crippen LogP contribution in [0.1, 0.15) is 50.8 Å². The van der Waals surface area contributed by atoms with Gasteiger partial charge in [-0.2, -0.15) is 0 Å². The molecule has 0 aliphatic carbocycles. The SMILES string of the molecule is CCCNC(=O)N1CCN(C(=O)Cc2cc(C(C)(C)C)ccc2C)CC1. The predicted octanol–water partition coefficient (Wildman–Crippen LogP) is 3.10. The third kappa shape index (κ3) is 5.23. The molecule has 0 aromatic heterocycles. The van der Waals surface area contributed by atoms with Gasteiger partial charge in [0.05, 0.1) is 6.42 Å². The molecule has 0 atom stereocenters. The standard InChI is InChI=1S/C21H33N3O2/c1-6-9-22-20(26)24-12-10-23(11-13-24)19(25)15-17-14-18(21(3,4)5)8-7-16(17)2/h7-8,14H,6,9-13,15H2,1-5H3,(H,22,26). The fourth-order valence-electron chi connectivity index (χ4n) is 3.11. The van der Waals surface area contributed by atoms with Crippen LogP contribution in [0, 0.1) is 6.92 Å². The van der Waals surface area contributed by atoms with Crippen LogP contribution in [0.3, 0.4) is 0 Å². The summed E-state index contributed by atoms with van der Waals surface area (Å²) < 4.78 is 0. The van der Waals surface area contributed by atoms with E-state index in [2.05, 4.69) is 51.2 Å². The molecule has 1 heterocycles. The minimum Gasteiger partial charge on any atom is -0.339 e. The van der Waals surface area contributed by atoms with Gasteiger partial charge in [0.15, 0.2) is 0 Å². The molecular weight excluding hydrogens is 326 g/mol. The van der Waals surface area contributed by atoms with Gasteiger partial charge in [0.2, 0.25) is 5.91 Å². The quantitative estimate of drug-likeness (QED) is 0.898. The molecule has 0 unspecified atom stereocenters. The van der Waals surface area contributed by atoms with E-state index in [1.165, 1.54) is 5.56 Å². The van der Waals surface area contributed by atoms with E-state index in [-0.39, 0.29) is 17.4 Å². The van der Waals surface area contributed by atoms with Crippen LogP contribution in [-0.2, 0) is 16.6 Å². The van der Waals surface area contributed by atoms with Gasteiger partial charge in [-0.1, -0.05) is 45.9 Å². The normalized spacial score (nSPS) is 15.1. The van der Waals surface area contributed by atoms with Gasteiger partial charge in [-0.05, 0) is 35.4 Å². The average Bonchev–Trinajstić information content (AvgIpc) is 2.60. The van der Waals surface area contributed by atoms with Gasteiger partial charge >= 0.3 is 6.03 Å². The Morgan fingerprint density at radius 2 is 1.69 bits per heavy atom. The Kier molecular flexibility index (Phi) is 6.68. The zero-order valence-corrected chi connectivity index (χ0v) is 16.9. The molecule has 5 heteroatoms. The summed E-state index contributed by atoms with van der Waals surface area (Å²) in [5, 5.41) is 2.90. The highest BCUT2D eigenvalue weighted by atomic mass is 16.2. The van der Waals surface area contributed by atoms with E-state index >= 15 is 0 Å². The minimum absolute atomic E-state index is 0.0207. The van der Waals surface area contributed by atoms with Crippen LogP contribution >= 0.6 is 0 Å². The van der Waals surface area contributed by atoms with Crippen LogP contribution in [0.15, 0.2) is 18.2 Å². The lowest BCUT2D eigenvalue weighted by atomic mass is 9.85.